The van der Waals surface area contributed by atoms with Crippen molar-refractivity contribution >= 4 is 23.3 Å². The van der Waals surface area contributed by atoms with E-state index in [2.05, 4.69) is 0 Å². The summed E-state index contributed by atoms with van der Waals surface area (Å²) in [6.07, 6.45) is -0.325. The molecule has 4 rings (SSSR count). The Morgan fingerprint density at radius 1 is 1.07 bits per heavy atom. The van der Waals surface area contributed by atoms with Gasteiger partial charge in [-0.1, -0.05) is 18.2 Å². The largest absolute Gasteiger partial charge is 0.450 e. The zero-order valence-corrected chi connectivity index (χ0v) is 17.9. The van der Waals surface area contributed by atoms with Crippen LogP contribution in [0.25, 0.3) is 16.3 Å². The fourth-order valence-electron chi connectivity index (χ4n) is 3.50. The summed E-state index contributed by atoms with van der Waals surface area (Å²) in [6, 6.07) is 13.8. The fraction of sp³-hybridized carbons (Fsp3) is 0.318. The van der Waals surface area contributed by atoms with Crippen LogP contribution in [0.3, 0.4) is 0 Å². The summed E-state index contributed by atoms with van der Waals surface area (Å²) in [6.45, 7) is 6.00. The first kappa shape index (κ1) is 20.2. The lowest BCUT2D eigenvalue weighted by Crippen LogP contribution is -2.51. The zero-order chi connectivity index (χ0) is 21.1. The van der Waals surface area contributed by atoms with Gasteiger partial charge < -0.3 is 14.5 Å². The van der Waals surface area contributed by atoms with Crippen molar-refractivity contribution in [2.24, 2.45) is 0 Å². The van der Waals surface area contributed by atoms with Crippen molar-refractivity contribution in [2.45, 2.75) is 13.8 Å². The van der Waals surface area contributed by atoms with E-state index in [9.17, 15) is 9.59 Å². The van der Waals surface area contributed by atoms with Crippen LogP contribution in [-0.2, 0) is 4.74 Å². The fourth-order valence-corrected chi connectivity index (χ4v) is 4.18. The Bertz CT molecular complexity index is 1040. The topological polar surface area (TPSA) is 67.7 Å². The molecule has 30 heavy (non-hydrogen) atoms. The van der Waals surface area contributed by atoms with Gasteiger partial charge in [0.05, 0.1) is 17.2 Å². The predicted molar refractivity (Wildman–Crippen MR) is 116 cm³/mol. The zero-order valence-electron chi connectivity index (χ0n) is 17.1. The smallest absolute Gasteiger partial charge is 0.409 e. The number of rotatable bonds is 4. The Morgan fingerprint density at radius 2 is 1.83 bits per heavy atom. The number of ether oxygens (including phenoxy) is 1. The number of piperazine rings is 1. The van der Waals surface area contributed by atoms with E-state index in [0.717, 1.165) is 21.8 Å². The van der Waals surface area contributed by atoms with E-state index in [4.69, 9.17) is 9.84 Å². The molecule has 1 aliphatic heterocycles. The van der Waals surface area contributed by atoms with Crippen LogP contribution in [-0.4, -0.2) is 64.4 Å². The highest BCUT2D eigenvalue weighted by atomic mass is 32.1. The summed E-state index contributed by atoms with van der Waals surface area (Å²) in [5.41, 5.74) is 3.25. The van der Waals surface area contributed by atoms with Crippen LogP contribution >= 0.6 is 11.3 Å². The van der Waals surface area contributed by atoms with Crippen LogP contribution in [0.2, 0.25) is 0 Å². The van der Waals surface area contributed by atoms with Gasteiger partial charge in [0, 0.05) is 26.2 Å². The summed E-state index contributed by atoms with van der Waals surface area (Å²) in [4.78, 5) is 29.8. The van der Waals surface area contributed by atoms with E-state index in [1.54, 1.807) is 32.7 Å². The Labute approximate surface area is 179 Å². The number of thiophene rings is 1. The third-order valence-electron chi connectivity index (χ3n) is 5.04. The van der Waals surface area contributed by atoms with E-state index in [0.29, 0.717) is 38.5 Å². The van der Waals surface area contributed by atoms with Crippen LogP contribution < -0.4 is 0 Å². The molecule has 0 saturated carbocycles. The first-order chi connectivity index (χ1) is 14.6. The Hall–Kier alpha value is -3.13. The standard InChI is InChI=1S/C22H24N4O3S/c1-3-29-22(28)25-11-9-24(10-12-25)21(27)19-15-18(20-8-5-13-30-20)23-26(19)17-7-4-6-16(2)14-17/h4-8,13-15H,3,9-12H2,1-2H3. The van der Waals surface area contributed by atoms with Crippen molar-refractivity contribution < 1.29 is 14.3 Å². The number of hydrogen-bond acceptors (Lipinski definition) is 5. The molecule has 7 nitrogen and oxygen atoms in total. The lowest BCUT2D eigenvalue weighted by Gasteiger charge is -2.34. The summed E-state index contributed by atoms with van der Waals surface area (Å²) in [7, 11) is 0. The van der Waals surface area contributed by atoms with Gasteiger partial charge in [-0.15, -0.1) is 11.3 Å². The molecule has 2 aromatic heterocycles. The average Bonchev–Trinajstić information content (AvgIpc) is 3.43. The lowest BCUT2D eigenvalue weighted by atomic mass is 10.2. The monoisotopic (exact) mass is 424 g/mol. The van der Waals surface area contributed by atoms with Crippen LogP contribution in [0.15, 0.2) is 47.8 Å². The molecule has 1 fully saturated rings. The second-order valence-corrected chi connectivity index (χ2v) is 8.07. The highest BCUT2D eigenvalue weighted by molar-refractivity contribution is 7.13. The first-order valence-corrected chi connectivity index (χ1v) is 10.9. The number of carbonyl (C=O) groups is 2. The molecule has 0 unspecified atom stereocenters. The van der Waals surface area contributed by atoms with Gasteiger partial charge in [-0.2, -0.15) is 5.10 Å². The van der Waals surface area contributed by atoms with Crippen molar-refractivity contribution in [1.29, 1.82) is 0 Å². The first-order valence-electron chi connectivity index (χ1n) is 9.98. The molecule has 1 saturated heterocycles. The molecule has 0 aliphatic carbocycles. The van der Waals surface area contributed by atoms with E-state index < -0.39 is 0 Å². The van der Waals surface area contributed by atoms with Crippen LogP contribution in [0.5, 0.6) is 0 Å². The second kappa shape index (κ2) is 8.71. The SMILES string of the molecule is CCOC(=O)N1CCN(C(=O)c2cc(-c3cccs3)nn2-c2cccc(C)c2)CC1. The van der Waals surface area contributed by atoms with E-state index >= 15 is 0 Å². The maximum atomic E-state index is 13.4. The molecule has 0 bridgehead atoms. The molecular formula is C22H24N4O3S. The minimum Gasteiger partial charge on any atom is -0.450 e. The number of hydrogen-bond donors (Lipinski definition) is 0. The van der Waals surface area contributed by atoms with Crippen LogP contribution in [0, 0.1) is 6.92 Å². The number of benzene rings is 1. The molecule has 0 N–H and O–H groups in total. The Kier molecular flexibility index (Phi) is 5.85. The summed E-state index contributed by atoms with van der Waals surface area (Å²) in [5.74, 6) is -0.0877. The highest BCUT2D eigenvalue weighted by Crippen LogP contribution is 2.27. The summed E-state index contributed by atoms with van der Waals surface area (Å²) < 4.78 is 6.79. The van der Waals surface area contributed by atoms with Crippen molar-refractivity contribution in [3.8, 4) is 16.3 Å². The molecule has 156 valence electrons. The highest BCUT2D eigenvalue weighted by Gasteiger charge is 2.28. The molecule has 3 heterocycles. The van der Waals surface area contributed by atoms with E-state index in [-0.39, 0.29) is 12.0 Å². The van der Waals surface area contributed by atoms with Gasteiger partial charge in [-0.25, -0.2) is 9.48 Å². The molecule has 2 amide bonds. The number of aromatic nitrogens is 2. The average molecular weight is 425 g/mol. The molecule has 8 heteroatoms. The number of nitrogens with zero attached hydrogens (tertiary/aromatic N) is 4. The third-order valence-corrected chi connectivity index (χ3v) is 5.93. The van der Waals surface area contributed by atoms with Crippen molar-refractivity contribution in [1.82, 2.24) is 19.6 Å². The molecule has 0 radical (unpaired) electrons. The summed E-state index contributed by atoms with van der Waals surface area (Å²) >= 11 is 1.59. The van der Waals surface area contributed by atoms with Gasteiger partial charge in [0.1, 0.15) is 11.4 Å². The maximum Gasteiger partial charge on any atom is 0.409 e. The molecule has 0 spiro atoms. The van der Waals surface area contributed by atoms with E-state index in [1.165, 1.54) is 0 Å². The molecular weight excluding hydrogens is 400 g/mol. The van der Waals surface area contributed by atoms with Crippen LogP contribution in [0.4, 0.5) is 4.79 Å². The molecule has 3 aromatic rings. The van der Waals surface area contributed by atoms with Gasteiger partial charge in [-0.05, 0) is 49.1 Å². The lowest BCUT2D eigenvalue weighted by molar-refractivity contribution is 0.0563. The molecule has 0 atom stereocenters. The molecule has 1 aliphatic rings. The van der Waals surface area contributed by atoms with Crippen LogP contribution in [0.1, 0.15) is 23.0 Å². The van der Waals surface area contributed by atoms with E-state index in [1.807, 2.05) is 54.8 Å². The Morgan fingerprint density at radius 3 is 2.50 bits per heavy atom. The quantitative estimate of drug-likeness (QED) is 0.639. The second-order valence-electron chi connectivity index (χ2n) is 7.12. The van der Waals surface area contributed by atoms with Crippen molar-refractivity contribution in [3.63, 3.8) is 0 Å². The van der Waals surface area contributed by atoms with Gasteiger partial charge in [0.25, 0.3) is 5.91 Å². The van der Waals surface area contributed by atoms with Gasteiger partial charge >= 0.3 is 6.09 Å². The Balaban J connectivity index is 1.61. The van der Waals surface area contributed by atoms with Gasteiger partial charge in [-0.3, -0.25) is 4.79 Å². The minimum atomic E-state index is -0.325. The maximum absolute atomic E-state index is 13.4. The summed E-state index contributed by atoms with van der Waals surface area (Å²) in [5, 5.41) is 6.74. The number of carbonyl (C=O) groups excluding carboxylic acids is 2. The van der Waals surface area contributed by atoms with Gasteiger partial charge in [0.15, 0.2) is 0 Å². The number of amides is 2. The molecule has 1 aromatic carbocycles. The number of aryl methyl sites for hydroxylation is 1. The van der Waals surface area contributed by atoms with Crippen molar-refractivity contribution in [3.05, 3.63) is 59.1 Å². The van der Waals surface area contributed by atoms with Crippen molar-refractivity contribution in [2.75, 3.05) is 32.8 Å². The third kappa shape index (κ3) is 4.09. The normalized spacial score (nSPS) is 14.1. The minimum absolute atomic E-state index is 0.0877. The van der Waals surface area contributed by atoms with Gasteiger partial charge in [0.2, 0.25) is 0 Å². The predicted octanol–water partition coefficient (Wildman–Crippen LogP) is 3.82.